The summed E-state index contributed by atoms with van der Waals surface area (Å²) in [6.45, 7) is 3.17. The Balaban J connectivity index is 1.72. The molecule has 1 saturated heterocycles. The molecule has 0 saturated carbocycles. The minimum absolute atomic E-state index is 0.240. The fourth-order valence-corrected chi connectivity index (χ4v) is 3.19. The van der Waals surface area contributed by atoms with E-state index in [9.17, 15) is 4.79 Å². The number of para-hydroxylation sites is 1. The number of carbonyl (C=O) groups excluding carboxylic acids is 1. The highest BCUT2D eigenvalue weighted by Crippen LogP contribution is 2.31. The molecule has 1 amide bonds. The van der Waals surface area contributed by atoms with Crippen molar-refractivity contribution in [2.24, 2.45) is 0 Å². The first kappa shape index (κ1) is 19.2. The molecule has 1 unspecified atom stereocenters. The Labute approximate surface area is 169 Å². The molecule has 0 spiro atoms. The number of aryl methyl sites for hydroxylation is 1. The summed E-state index contributed by atoms with van der Waals surface area (Å²) in [6.07, 6.45) is -0.639. The fraction of sp³-hybridized carbons (Fsp3) is 0.273. The lowest BCUT2D eigenvalue weighted by Crippen LogP contribution is -2.39. The highest BCUT2D eigenvalue weighted by Gasteiger charge is 2.24. The van der Waals surface area contributed by atoms with Crippen LogP contribution in [0.15, 0.2) is 54.6 Å². The molecule has 4 rings (SSSR count). The molecule has 0 radical (unpaired) electrons. The second-order valence-electron chi connectivity index (χ2n) is 6.79. The van der Waals surface area contributed by atoms with E-state index in [0.29, 0.717) is 30.5 Å². The van der Waals surface area contributed by atoms with Crippen LogP contribution in [0.5, 0.6) is 5.75 Å². The molecule has 0 bridgehead atoms. The van der Waals surface area contributed by atoms with Crippen LogP contribution >= 0.6 is 0 Å². The van der Waals surface area contributed by atoms with Crippen LogP contribution < -0.4 is 10.1 Å². The highest BCUT2D eigenvalue weighted by molar-refractivity contribution is 5.94. The van der Waals surface area contributed by atoms with E-state index in [1.165, 1.54) is 0 Å². The summed E-state index contributed by atoms with van der Waals surface area (Å²) < 4.78 is 18.0. The summed E-state index contributed by atoms with van der Waals surface area (Å²) in [5.41, 5.74) is 3.52. The van der Waals surface area contributed by atoms with E-state index < -0.39 is 6.10 Å². The number of ether oxygens (including phenoxy) is 3. The molecular weight excluding hydrogens is 370 g/mol. The van der Waals surface area contributed by atoms with Crippen molar-refractivity contribution in [3.8, 4) is 22.7 Å². The zero-order chi connectivity index (χ0) is 20.2. The molecule has 0 aliphatic carbocycles. The number of benzene rings is 2. The standard InChI is InChI=1S/C22H23N3O4/c1-15-7-9-16(10-8-15)25-21(23-22(26)20-14-28-11-12-29-20)13-18(24-25)17-5-3-4-6-19(17)27-2/h3-10,13,20H,11-12,14H2,1-2H3,(H,23,26). The predicted molar refractivity (Wildman–Crippen MR) is 109 cm³/mol. The van der Waals surface area contributed by atoms with Gasteiger partial charge in [0.25, 0.3) is 5.91 Å². The molecule has 29 heavy (non-hydrogen) atoms. The van der Waals surface area contributed by atoms with Gasteiger partial charge in [-0.25, -0.2) is 4.68 Å². The minimum atomic E-state index is -0.639. The molecule has 3 aromatic rings. The van der Waals surface area contributed by atoms with Crippen LogP contribution in [0.2, 0.25) is 0 Å². The smallest absolute Gasteiger partial charge is 0.257 e. The predicted octanol–water partition coefficient (Wildman–Crippen LogP) is 3.21. The number of anilines is 1. The van der Waals surface area contributed by atoms with Gasteiger partial charge in [-0.1, -0.05) is 29.8 Å². The number of nitrogens with zero attached hydrogens (tertiary/aromatic N) is 2. The first-order chi connectivity index (χ1) is 14.2. The molecule has 7 heteroatoms. The van der Waals surface area contributed by atoms with Crippen LogP contribution in [0, 0.1) is 6.92 Å². The normalized spacial score (nSPS) is 16.4. The number of nitrogens with one attached hydrogen (secondary N) is 1. The van der Waals surface area contributed by atoms with Gasteiger partial charge in [0.05, 0.1) is 38.3 Å². The van der Waals surface area contributed by atoms with E-state index in [-0.39, 0.29) is 12.5 Å². The van der Waals surface area contributed by atoms with E-state index in [4.69, 9.17) is 19.3 Å². The molecule has 1 aliphatic rings. The number of aromatic nitrogens is 2. The van der Waals surface area contributed by atoms with Crippen molar-refractivity contribution in [2.75, 3.05) is 32.2 Å². The van der Waals surface area contributed by atoms with Gasteiger partial charge in [-0.15, -0.1) is 0 Å². The van der Waals surface area contributed by atoms with E-state index in [0.717, 1.165) is 16.8 Å². The number of hydrogen-bond donors (Lipinski definition) is 1. The second kappa shape index (κ2) is 8.46. The van der Waals surface area contributed by atoms with Gasteiger partial charge in [-0.05, 0) is 31.2 Å². The summed E-state index contributed by atoms with van der Waals surface area (Å²) in [5, 5.41) is 7.67. The maximum absolute atomic E-state index is 12.7. The van der Waals surface area contributed by atoms with Gasteiger partial charge < -0.3 is 19.5 Å². The molecule has 1 aliphatic heterocycles. The summed E-state index contributed by atoms with van der Waals surface area (Å²) in [5.74, 6) is 1.00. The number of methoxy groups -OCH3 is 1. The monoisotopic (exact) mass is 393 g/mol. The Hall–Kier alpha value is -3.16. The Morgan fingerprint density at radius 1 is 1.17 bits per heavy atom. The van der Waals surface area contributed by atoms with E-state index in [1.54, 1.807) is 11.8 Å². The van der Waals surface area contributed by atoms with Gasteiger partial charge in [0, 0.05) is 11.6 Å². The summed E-state index contributed by atoms with van der Waals surface area (Å²) >= 11 is 0. The molecule has 150 valence electrons. The van der Waals surface area contributed by atoms with Crippen molar-refractivity contribution >= 4 is 11.7 Å². The third-order valence-corrected chi connectivity index (χ3v) is 4.73. The van der Waals surface area contributed by atoms with E-state index in [1.807, 2.05) is 61.5 Å². The topological polar surface area (TPSA) is 74.6 Å². The van der Waals surface area contributed by atoms with Crippen molar-refractivity contribution in [3.05, 3.63) is 60.2 Å². The van der Waals surface area contributed by atoms with Crippen LogP contribution in [0.1, 0.15) is 5.56 Å². The maximum Gasteiger partial charge on any atom is 0.257 e. The van der Waals surface area contributed by atoms with Crippen molar-refractivity contribution in [1.82, 2.24) is 9.78 Å². The lowest BCUT2D eigenvalue weighted by atomic mass is 10.1. The molecule has 1 fully saturated rings. The Morgan fingerprint density at radius 3 is 2.69 bits per heavy atom. The van der Waals surface area contributed by atoms with Crippen LogP contribution in [-0.4, -0.2) is 48.7 Å². The quantitative estimate of drug-likeness (QED) is 0.721. The first-order valence-corrected chi connectivity index (χ1v) is 9.46. The van der Waals surface area contributed by atoms with Crippen molar-refractivity contribution in [2.45, 2.75) is 13.0 Å². The minimum Gasteiger partial charge on any atom is -0.496 e. The van der Waals surface area contributed by atoms with E-state index in [2.05, 4.69) is 5.32 Å². The summed E-state index contributed by atoms with van der Waals surface area (Å²) in [7, 11) is 1.62. The number of amides is 1. The zero-order valence-electron chi connectivity index (χ0n) is 16.4. The van der Waals surface area contributed by atoms with Gasteiger partial charge in [-0.3, -0.25) is 4.79 Å². The Kier molecular flexibility index (Phi) is 5.59. The van der Waals surface area contributed by atoms with Crippen LogP contribution in [0.25, 0.3) is 16.9 Å². The molecule has 2 heterocycles. The second-order valence-corrected chi connectivity index (χ2v) is 6.79. The third kappa shape index (κ3) is 4.16. The summed E-state index contributed by atoms with van der Waals surface area (Å²) in [6, 6.07) is 17.4. The lowest BCUT2D eigenvalue weighted by Gasteiger charge is -2.22. The number of hydrogen-bond acceptors (Lipinski definition) is 5. The Bertz CT molecular complexity index is 992. The molecule has 7 nitrogen and oxygen atoms in total. The first-order valence-electron chi connectivity index (χ1n) is 9.46. The summed E-state index contributed by atoms with van der Waals surface area (Å²) in [4.78, 5) is 12.7. The molecule has 2 aromatic carbocycles. The maximum atomic E-state index is 12.7. The van der Waals surface area contributed by atoms with Crippen LogP contribution in [0.3, 0.4) is 0 Å². The SMILES string of the molecule is COc1ccccc1-c1cc(NC(=O)C2COCCO2)n(-c2ccc(C)cc2)n1. The highest BCUT2D eigenvalue weighted by atomic mass is 16.6. The van der Waals surface area contributed by atoms with Gasteiger partial charge in [0.15, 0.2) is 6.10 Å². The fourth-order valence-electron chi connectivity index (χ4n) is 3.19. The van der Waals surface area contributed by atoms with Crippen LogP contribution in [0.4, 0.5) is 5.82 Å². The van der Waals surface area contributed by atoms with Crippen molar-refractivity contribution in [1.29, 1.82) is 0 Å². The molecule has 1 atom stereocenters. The zero-order valence-corrected chi connectivity index (χ0v) is 16.4. The lowest BCUT2D eigenvalue weighted by molar-refractivity contribution is -0.142. The molecule has 1 aromatic heterocycles. The van der Waals surface area contributed by atoms with E-state index >= 15 is 0 Å². The Morgan fingerprint density at radius 2 is 1.97 bits per heavy atom. The van der Waals surface area contributed by atoms with Gasteiger partial charge >= 0.3 is 0 Å². The van der Waals surface area contributed by atoms with Gasteiger partial charge in [0.1, 0.15) is 11.6 Å². The molecule has 1 N–H and O–H groups in total. The average Bonchev–Trinajstić information content (AvgIpc) is 3.18. The average molecular weight is 393 g/mol. The number of rotatable bonds is 5. The van der Waals surface area contributed by atoms with Crippen molar-refractivity contribution in [3.63, 3.8) is 0 Å². The molecular formula is C22H23N3O4. The van der Waals surface area contributed by atoms with Gasteiger partial charge in [0.2, 0.25) is 0 Å². The van der Waals surface area contributed by atoms with Crippen molar-refractivity contribution < 1.29 is 19.0 Å². The number of carbonyl (C=O) groups is 1. The third-order valence-electron chi connectivity index (χ3n) is 4.73. The van der Waals surface area contributed by atoms with Crippen LogP contribution in [-0.2, 0) is 14.3 Å². The largest absolute Gasteiger partial charge is 0.496 e. The van der Waals surface area contributed by atoms with Gasteiger partial charge in [-0.2, -0.15) is 5.10 Å².